The van der Waals surface area contributed by atoms with Gasteiger partial charge in [-0.15, -0.1) is 0 Å². The average molecular weight is 283 g/mol. The van der Waals surface area contributed by atoms with Crippen molar-refractivity contribution in [3.8, 4) is 0 Å². The molecule has 0 atom stereocenters. The van der Waals surface area contributed by atoms with Crippen LogP contribution < -0.4 is 0 Å². The van der Waals surface area contributed by atoms with E-state index in [0.717, 1.165) is 6.07 Å². The number of hydrogen-bond acceptors (Lipinski definition) is 2. The van der Waals surface area contributed by atoms with E-state index in [1.54, 1.807) is 19.3 Å². The van der Waals surface area contributed by atoms with Crippen molar-refractivity contribution in [3.05, 3.63) is 59.4 Å². The lowest BCUT2D eigenvalue weighted by molar-refractivity contribution is -0.138. The van der Waals surface area contributed by atoms with Gasteiger partial charge in [0.1, 0.15) is 12.3 Å². The van der Waals surface area contributed by atoms with E-state index in [2.05, 4.69) is 0 Å². The maximum absolute atomic E-state index is 12.8. The third kappa shape index (κ3) is 3.01. The summed E-state index contributed by atoms with van der Waals surface area (Å²) >= 11 is 0. The summed E-state index contributed by atoms with van der Waals surface area (Å²) in [6.07, 6.45) is -2.81. The topological polar surface area (TPSA) is 31.2 Å². The number of halogens is 3. The van der Waals surface area contributed by atoms with E-state index in [1.807, 2.05) is 0 Å². The van der Waals surface area contributed by atoms with Crippen LogP contribution >= 0.6 is 0 Å². The van der Waals surface area contributed by atoms with E-state index in [-0.39, 0.29) is 11.3 Å². The predicted molar refractivity (Wildman–Crippen MR) is 66.0 cm³/mol. The van der Waals surface area contributed by atoms with Crippen LogP contribution in [-0.2, 0) is 24.6 Å². The third-order valence-electron chi connectivity index (χ3n) is 2.83. The van der Waals surface area contributed by atoms with Crippen LogP contribution in [0.2, 0.25) is 0 Å². The lowest BCUT2D eigenvalue weighted by atomic mass is 10.1. The minimum Gasteiger partial charge on any atom is -0.456 e. The van der Waals surface area contributed by atoms with Crippen LogP contribution in [0.3, 0.4) is 0 Å². The molecule has 0 aliphatic rings. The molecule has 0 aliphatic carbocycles. The van der Waals surface area contributed by atoms with Crippen molar-refractivity contribution in [1.29, 1.82) is 0 Å². The molecule has 0 saturated heterocycles. The second kappa shape index (κ2) is 5.40. The Morgan fingerprint density at radius 3 is 2.50 bits per heavy atom. The lowest BCUT2D eigenvalue weighted by Crippen LogP contribution is -2.13. The summed E-state index contributed by atoms with van der Waals surface area (Å²) in [6, 6.07) is 8.22. The average Bonchev–Trinajstić information content (AvgIpc) is 2.81. The second-order valence-electron chi connectivity index (χ2n) is 4.24. The minimum atomic E-state index is -4.46. The molecular weight excluding hydrogens is 271 g/mol. The van der Waals surface area contributed by atoms with Crippen molar-refractivity contribution < 1.29 is 22.7 Å². The van der Waals surface area contributed by atoms with E-state index < -0.39 is 24.3 Å². The van der Waals surface area contributed by atoms with E-state index in [0.29, 0.717) is 0 Å². The van der Waals surface area contributed by atoms with Crippen molar-refractivity contribution in [2.45, 2.75) is 12.8 Å². The molecule has 106 valence electrons. The molecule has 0 bridgehead atoms. The van der Waals surface area contributed by atoms with E-state index >= 15 is 0 Å². The van der Waals surface area contributed by atoms with Gasteiger partial charge in [0, 0.05) is 18.8 Å². The van der Waals surface area contributed by atoms with Crippen LogP contribution in [0, 0.1) is 0 Å². The molecule has 1 aromatic carbocycles. The lowest BCUT2D eigenvalue weighted by Gasteiger charge is -2.12. The molecule has 1 heterocycles. The Hall–Kier alpha value is -2.24. The van der Waals surface area contributed by atoms with Crippen LogP contribution in [0.5, 0.6) is 0 Å². The Kier molecular flexibility index (Phi) is 3.83. The molecule has 0 amide bonds. The fourth-order valence-corrected chi connectivity index (χ4v) is 1.81. The molecule has 0 saturated carbocycles. The van der Waals surface area contributed by atoms with E-state index in [9.17, 15) is 18.0 Å². The number of ether oxygens (including phenoxy) is 1. The van der Waals surface area contributed by atoms with Crippen molar-refractivity contribution in [1.82, 2.24) is 4.57 Å². The molecule has 1 aromatic heterocycles. The number of rotatable bonds is 3. The smallest absolute Gasteiger partial charge is 0.416 e. The van der Waals surface area contributed by atoms with Gasteiger partial charge in [-0.2, -0.15) is 13.2 Å². The number of hydrogen-bond donors (Lipinski definition) is 0. The molecule has 20 heavy (non-hydrogen) atoms. The number of aryl methyl sites for hydroxylation is 1. The summed E-state index contributed by atoms with van der Waals surface area (Å²) in [5.41, 5.74) is -0.572. The Morgan fingerprint density at radius 1 is 1.20 bits per heavy atom. The van der Waals surface area contributed by atoms with Gasteiger partial charge in [-0.1, -0.05) is 18.2 Å². The number of carbonyl (C=O) groups excluding carboxylic acids is 1. The molecule has 0 fully saturated rings. The second-order valence-corrected chi connectivity index (χ2v) is 4.24. The van der Waals surface area contributed by atoms with Crippen molar-refractivity contribution in [2.75, 3.05) is 0 Å². The molecule has 0 radical (unpaired) electrons. The summed E-state index contributed by atoms with van der Waals surface area (Å²) in [5.74, 6) is -0.658. The van der Waals surface area contributed by atoms with Gasteiger partial charge < -0.3 is 9.30 Å². The molecule has 6 heteroatoms. The number of nitrogens with zero attached hydrogens (tertiary/aromatic N) is 1. The first-order chi connectivity index (χ1) is 9.39. The van der Waals surface area contributed by atoms with Gasteiger partial charge in [0.05, 0.1) is 5.56 Å². The highest BCUT2D eigenvalue weighted by molar-refractivity contribution is 5.87. The van der Waals surface area contributed by atoms with E-state index in [4.69, 9.17) is 4.74 Å². The highest BCUT2D eigenvalue weighted by atomic mass is 19.4. The molecular formula is C14H12F3NO2. The predicted octanol–water partition coefficient (Wildman–Crippen LogP) is 3.40. The highest BCUT2D eigenvalue weighted by Crippen LogP contribution is 2.32. The van der Waals surface area contributed by atoms with Crippen molar-refractivity contribution >= 4 is 5.97 Å². The summed E-state index contributed by atoms with van der Waals surface area (Å²) in [7, 11) is 1.65. The van der Waals surface area contributed by atoms with Gasteiger partial charge in [-0.25, -0.2) is 4.79 Å². The normalized spacial score (nSPS) is 11.4. The van der Waals surface area contributed by atoms with Gasteiger partial charge >= 0.3 is 12.1 Å². The van der Waals surface area contributed by atoms with Crippen LogP contribution in [-0.4, -0.2) is 10.5 Å². The quantitative estimate of drug-likeness (QED) is 0.808. The molecule has 2 rings (SSSR count). The third-order valence-corrected chi connectivity index (χ3v) is 2.83. The van der Waals surface area contributed by atoms with Crippen molar-refractivity contribution in [3.63, 3.8) is 0 Å². The summed E-state index contributed by atoms with van der Waals surface area (Å²) in [6.45, 7) is -0.417. The number of aromatic nitrogens is 1. The van der Waals surface area contributed by atoms with Gasteiger partial charge in [0.15, 0.2) is 0 Å². The Labute approximate surface area is 113 Å². The van der Waals surface area contributed by atoms with Crippen LogP contribution in [0.1, 0.15) is 21.6 Å². The Morgan fingerprint density at radius 2 is 1.90 bits per heavy atom. The zero-order chi connectivity index (χ0) is 14.8. The van der Waals surface area contributed by atoms with Crippen LogP contribution in [0.25, 0.3) is 0 Å². The first-order valence-corrected chi connectivity index (χ1v) is 5.83. The van der Waals surface area contributed by atoms with Crippen LogP contribution in [0.15, 0.2) is 42.6 Å². The standard InChI is InChI=1S/C14H12F3NO2/c1-18-8-4-7-12(18)13(19)20-9-10-5-2-3-6-11(10)14(15,16)17/h2-8H,9H2,1H3. The first kappa shape index (κ1) is 14.2. The Bertz CT molecular complexity index is 617. The fraction of sp³-hybridized carbons (Fsp3) is 0.214. The summed E-state index contributed by atoms with van der Waals surface area (Å²) in [4.78, 5) is 11.7. The fourth-order valence-electron chi connectivity index (χ4n) is 1.81. The van der Waals surface area contributed by atoms with Gasteiger partial charge in [0.2, 0.25) is 0 Å². The number of benzene rings is 1. The number of alkyl halides is 3. The Balaban J connectivity index is 2.12. The molecule has 0 aliphatic heterocycles. The zero-order valence-corrected chi connectivity index (χ0v) is 10.6. The monoisotopic (exact) mass is 283 g/mol. The summed E-state index contributed by atoms with van der Waals surface area (Å²) in [5, 5.41) is 0. The first-order valence-electron chi connectivity index (χ1n) is 5.83. The molecule has 0 unspecified atom stereocenters. The van der Waals surface area contributed by atoms with Gasteiger partial charge in [-0.05, 0) is 18.2 Å². The molecule has 3 nitrogen and oxygen atoms in total. The maximum atomic E-state index is 12.8. The SMILES string of the molecule is Cn1cccc1C(=O)OCc1ccccc1C(F)(F)F. The van der Waals surface area contributed by atoms with Crippen LogP contribution in [0.4, 0.5) is 13.2 Å². The minimum absolute atomic E-state index is 0.0671. The summed E-state index contributed by atoms with van der Waals surface area (Å²) < 4.78 is 44.8. The highest BCUT2D eigenvalue weighted by Gasteiger charge is 2.33. The maximum Gasteiger partial charge on any atom is 0.416 e. The van der Waals surface area contributed by atoms with Gasteiger partial charge in [0.25, 0.3) is 0 Å². The largest absolute Gasteiger partial charge is 0.456 e. The zero-order valence-electron chi connectivity index (χ0n) is 10.6. The van der Waals surface area contributed by atoms with Gasteiger partial charge in [-0.3, -0.25) is 0 Å². The number of carbonyl (C=O) groups is 1. The van der Waals surface area contributed by atoms with E-state index in [1.165, 1.54) is 28.8 Å². The van der Waals surface area contributed by atoms with Crippen molar-refractivity contribution in [2.24, 2.45) is 7.05 Å². The molecule has 0 spiro atoms. The number of esters is 1. The molecule has 2 aromatic rings. The molecule has 0 N–H and O–H groups in total.